The van der Waals surface area contributed by atoms with E-state index in [1.165, 1.54) is 0 Å². The summed E-state index contributed by atoms with van der Waals surface area (Å²) in [5.74, 6) is 0.743. The number of carbonyl (C=O) groups is 1. The van der Waals surface area contributed by atoms with Crippen LogP contribution in [0.25, 0.3) is 0 Å². The minimum Gasteiger partial charge on any atom is -0.489 e. The lowest BCUT2D eigenvalue weighted by molar-refractivity contribution is -0.115. The first-order valence-corrected chi connectivity index (χ1v) is 7.97. The largest absolute Gasteiger partial charge is 0.489 e. The van der Waals surface area contributed by atoms with Crippen molar-refractivity contribution >= 4 is 11.6 Å². The average molecular weight is 312 g/mol. The van der Waals surface area contributed by atoms with Gasteiger partial charge in [0.05, 0.1) is 6.54 Å². The second-order valence-corrected chi connectivity index (χ2v) is 5.54. The first-order valence-electron chi connectivity index (χ1n) is 7.97. The highest BCUT2D eigenvalue weighted by atomic mass is 16.5. The summed E-state index contributed by atoms with van der Waals surface area (Å²) in [4.78, 5) is 11.8. The number of hydrogen-bond acceptors (Lipinski definition) is 3. The first kappa shape index (κ1) is 17.0. The van der Waals surface area contributed by atoms with Gasteiger partial charge in [-0.15, -0.1) is 0 Å². The van der Waals surface area contributed by atoms with Gasteiger partial charge in [0, 0.05) is 11.7 Å². The van der Waals surface area contributed by atoms with Crippen LogP contribution in [-0.4, -0.2) is 18.5 Å². The van der Waals surface area contributed by atoms with Crippen LogP contribution in [0, 0.1) is 0 Å². The van der Waals surface area contributed by atoms with Gasteiger partial charge in [-0.2, -0.15) is 0 Å². The van der Waals surface area contributed by atoms with Crippen molar-refractivity contribution in [1.82, 2.24) is 5.32 Å². The van der Waals surface area contributed by atoms with E-state index in [9.17, 15) is 4.79 Å². The second-order valence-electron chi connectivity index (χ2n) is 5.54. The predicted molar refractivity (Wildman–Crippen MR) is 93.6 cm³/mol. The molecular weight excluding hydrogens is 288 g/mol. The number of hydrogen-bond donors (Lipinski definition) is 2. The first-order chi connectivity index (χ1) is 11.2. The van der Waals surface area contributed by atoms with E-state index in [0.29, 0.717) is 19.2 Å². The molecular formula is C19H24N2O2. The number of carbonyl (C=O) groups excluding carboxylic acids is 1. The van der Waals surface area contributed by atoms with Crippen LogP contribution in [0.4, 0.5) is 5.69 Å². The van der Waals surface area contributed by atoms with Gasteiger partial charge in [0.15, 0.2) is 0 Å². The lowest BCUT2D eigenvalue weighted by atomic mass is 10.2. The molecule has 0 aliphatic rings. The van der Waals surface area contributed by atoms with E-state index in [1.807, 2.05) is 54.6 Å². The molecule has 2 aromatic carbocycles. The van der Waals surface area contributed by atoms with Crippen molar-refractivity contribution in [3.8, 4) is 5.75 Å². The van der Waals surface area contributed by atoms with E-state index in [4.69, 9.17) is 4.74 Å². The van der Waals surface area contributed by atoms with Gasteiger partial charge in [-0.3, -0.25) is 4.79 Å². The smallest absolute Gasteiger partial charge is 0.238 e. The van der Waals surface area contributed by atoms with E-state index in [-0.39, 0.29) is 5.91 Å². The number of benzene rings is 2. The highest BCUT2D eigenvalue weighted by Crippen LogP contribution is 2.17. The second kappa shape index (κ2) is 8.96. The van der Waals surface area contributed by atoms with E-state index in [0.717, 1.165) is 23.4 Å². The van der Waals surface area contributed by atoms with Gasteiger partial charge in [0.1, 0.15) is 12.4 Å². The molecule has 1 atom stereocenters. The SMILES string of the molecule is CCC(C)NCC(=O)Nc1ccc(OCc2ccccc2)cc1. The molecule has 0 saturated heterocycles. The average Bonchev–Trinajstić information content (AvgIpc) is 2.60. The highest BCUT2D eigenvalue weighted by molar-refractivity contribution is 5.92. The zero-order chi connectivity index (χ0) is 16.5. The van der Waals surface area contributed by atoms with Crippen molar-refractivity contribution in [2.75, 3.05) is 11.9 Å². The van der Waals surface area contributed by atoms with Crippen LogP contribution in [0.3, 0.4) is 0 Å². The Morgan fingerprint density at radius 2 is 1.78 bits per heavy atom. The van der Waals surface area contributed by atoms with E-state index >= 15 is 0 Å². The third kappa shape index (κ3) is 6.12. The summed E-state index contributed by atoms with van der Waals surface area (Å²) < 4.78 is 5.72. The van der Waals surface area contributed by atoms with Gasteiger partial charge in [-0.25, -0.2) is 0 Å². The van der Waals surface area contributed by atoms with Gasteiger partial charge < -0.3 is 15.4 Å². The standard InChI is InChI=1S/C19H24N2O2/c1-3-15(2)20-13-19(22)21-17-9-11-18(12-10-17)23-14-16-7-5-4-6-8-16/h4-12,15,20H,3,13-14H2,1-2H3,(H,21,22). The molecule has 1 amide bonds. The molecule has 0 aliphatic heterocycles. The van der Waals surface area contributed by atoms with E-state index < -0.39 is 0 Å². The van der Waals surface area contributed by atoms with Crippen LogP contribution in [0.5, 0.6) is 5.75 Å². The molecule has 4 nitrogen and oxygen atoms in total. The molecule has 23 heavy (non-hydrogen) atoms. The molecule has 0 radical (unpaired) electrons. The van der Waals surface area contributed by atoms with Gasteiger partial charge in [-0.1, -0.05) is 37.3 Å². The normalized spacial score (nSPS) is 11.7. The summed E-state index contributed by atoms with van der Waals surface area (Å²) in [6.07, 6.45) is 1.00. The van der Waals surface area contributed by atoms with E-state index in [2.05, 4.69) is 24.5 Å². The summed E-state index contributed by atoms with van der Waals surface area (Å²) in [5, 5.41) is 6.03. The molecule has 0 aromatic heterocycles. The van der Waals surface area contributed by atoms with Crippen LogP contribution < -0.4 is 15.4 Å². The summed E-state index contributed by atoms with van der Waals surface area (Å²) in [6, 6.07) is 17.8. The van der Waals surface area contributed by atoms with Crippen molar-refractivity contribution in [3.05, 3.63) is 60.2 Å². The van der Waals surface area contributed by atoms with Crippen molar-refractivity contribution in [2.24, 2.45) is 0 Å². The Morgan fingerprint density at radius 3 is 2.43 bits per heavy atom. The molecule has 2 aromatic rings. The summed E-state index contributed by atoms with van der Waals surface area (Å²) in [6.45, 7) is 5.00. The topological polar surface area (TPSA) is 50.4 Å². The maximum absolute atomic E-state index is 11.8. The van der Waals surface area contributed by atoms with Crippen molar-refractivity contribution < 1.29 is 9.53 Å². The minimum absolute atomic E-state index is 0.0387. The summed E-state index contributed by atoms with van der Waals surface area (Å²) in [5.41, 5.74) is 1.90. The number of amides is 1. The molecule has 0 saturated carbocycles. The van der Waals surface area contributed by atoms with Gasteiger partial charge in [0.2, 0.25) is 5.91 Å². The number of anilines is 1. The van der Waals surface area contributed by atoms with Gasteiger partial charge in [-0.05, 0) is 43.2 Å². The molecule has 0 aliphatic carbocycles. The fourth-order valence-electron chi connectivity index (χ4n) is 1.99. The Hall–Kier alpha value is -2.33. The lowest BCUT2D eigenvalue weighted by Gasteiger charge is -2.12. The molecule has 122 valence electrons. The molecule has 1 unspecified atom stereocenters. The van der Waals surface area contributed by atoms with Crippen LogP contribution in [0.2, 0.25) is 0 Å². The molecule has 2 rings (SSSR count). The molecule has 0 bridgehead atoms. The van der Waals surface area contributed by atoms with Crippen LogP contribution in [0.1, 0.15) is 25.8 Å². The van der Waals surface area contributed by atoms with Gasteiger partial charge >= 0.3 is 0 Å². The third-order valence-electron chi connectivity index (χ3n) is 3.61. The zero-order valence-electron chi connectivity index (χ0n) is 13.7. The molecule has 4 heteroatoms. The number of ether oxygens (including phenoxy) is 1. The minimum atomic E-state index is -0.0387. The maximum Gasteiger partial charge on any atom is 0.238 e. The number of rotatable bonds is 8. The molecule has 0 fully saturated rings. The quantitative estimate of drug-likeness (QED) is 0.783. The highest BCUT2D eigenvalue weighted by Gasteiger charge is 2.04. The molecule has 0 heterocycles. The van der Waals surface area contributed by atoms with Crippen LogP contribution in [0.15, 0.2) is 54.6 Å². The van der Waals surface area contributed by atoms with Crippen molar-refractivity contribution in [2.45, 2.75) is 32.9 Å². The summed E-state index contributed by atoms with van der Waals surface area (Å²) >= 11 is 0. The molecule has 0 spiro atoms. The fourth-order valence-corrected chi connectivity index (χ4v) is 1.99. The third-order valence-corrected chi connectivity index (χ3v) is 3.61. The van der Waals surface area contributed by atoms with Crippen molar-refractivity contribution in [3.63, 3.8) is 0 Å². The monoisotopic (exact) mass is 312 g/mol. The Balaban J connectivity index is 1.79. The summed E-state index contributed by atoms with van der Waals surface area (Å²) in [7, 11) is 0. The predicted octanol–water partition coefficient (Wildman–Crippen LogP) is 3.59. The lowest BCUT2D eigenvalue weighted by Crippen LogP contribution is -2.33. The Kier molecular flexibility index (Phi) is 6.63. The van der Waals surface area contributed by atoms with E-state index in [1.54, 1.807) is 0 Å². The molecule has 2 N–H and O–H groups in total. The zero-order valence-corrected chi connectivity index (χ0v) is 13.7. The van der Waals surface area contributed by atoms with Gasteiger partial charge in [0.25, 0.3) is 0 Å². The Labute approximate surface area is 137 Å². The van der Waals surface area contributed by atoms with Crippen molar-refractivity contribution in [1.29, 1.82) is 0 Å². The fraction of sp³-hybridized carbons (Fsp3) is 0.316. The van der Waals surface area contributed by atoms with Crippen LogP contribution in [-0.2, 0) is 11.4 Å². The maximum atomic E-state index is 11.8. The van der Waals surface area contributed by atoms with Crippen LogP contribution >= 0.6 is 0 Å². The number of nitrogens with one attached hydrogen (secondary N) is 2. The Morgan fingerprint density at radius 1 is 1.09 bits per heavy atom. The Bertz CT molecular complexity index is 597.